The van der Waals surface area contributed by atoms with E-state index in [1.165, 1.54) is 12.1 Å². The first-order valence-corrected chi connectivity index (χ1v) is 8.43. The first-order valence-electron chi connectivity index (χ1n) is 8.43. The van der Waals surface area contributed by atoms with E-state index in [9.17, 15) is 18.4 Å². The molecule has 0 spiro atoms. The summed E-state index contributed by atoms with van der Waals surface area (Å²) < 4.78 is 26.1. The molecule has 0 bridgehead atoms. The molecule has 132 valence electrons. The molecular formula is C18H23F2NO3. The molecule has 1 aromatic rings. The van der Waals surface area contributed by atoms with Crippen LogP contribution in [0, 0.1) is 17.6 Å². The Balaban J connectivity index is 1.58. The van der Waals surface area contributed by atoms with Crippen LogP contribution in [0.4, 0.5) is 8.78 Å². The molecule has 1 amide bonds. The van der Waals surface area contributed by atoms with Crippen LogP contribution in [0.5, 0.6) is 0 Å². The predicted molar refractivity (Wildman–Crippen MR) is 85.6 cm³/mol. The Labute approximate surface area is 140 Å². The molecule has 1 aliphatic rings. The van der Waals surface area contributed by atoms with E-state index in [2.05, 4.69) is 5.32 Å². The van der Waals surface area contributed by atoms with Crippen LogP contribution in [0.25, 0.3) is 0 Å². The van der Waals surface area contributed by atoms with Gasteiger partial charge < -0.3 is 10.4 Å². The molecule has 0 saturated heterocycles. The highest BCUT2D eigenvalue weighted by molar-refractivity contribution is 5.82. The molecule has 0 radical (unpaired) electrons. The van der Waals surface area contributed by atoms with E-state index in [1.54, 1.807) is 0 Å². The molecule has 2 atom stereocenters. The van der Waals surface area contributed by atoms with Gasteiger partial charge in [-0.15, -0.1) is 0 Å². The zero-order valence-corrected chi connectivity index (χ0v) is 13.6. The number of carbonyl (C=O) groups is 2. The number of benzene rings is 1. The number of rotatable bonds is 10. The first-order chi connectivity index (χ1) is 11.5. The summed E-state index contributed by atoms with van der Waals surface area (Å²) in [4.78, 5) is 22.4. The van der Waals surface area contributed by atoms with Crippen molar-refractivity contribution >= 4 is 11.9 Å². The third-order valence-corrected chi connectivity index (χ3v) is 4.37. The van der Waals surface area contributed by atoms with E-state index in [0.717, 1.165) is 31.7 Å². The second-order valence-corrected chi connectivity index (χ2v) is 6.32. The van der Waals surface area contributed by atoms with Gasteiger partial charge in [-0.1, -0.05) is 25.3 Å². The fraction of sp³-hybridized carbons (Fsp3) is 0.556. The van der Waals surface area contributed by atoms with Crippen molar-refractivity contribution in [1.29, 1.82) is 0 Å². The molecule has 4 nitrogen and oxygen atoms in total. The highest BCUT2D eigenvalue weighted by Crippen LogP contribution is 2.47. The monoisotopic (exact) mass is 339 g/mol. The topological polar surface area (TPSA) is 66.4 Å². The summed E-state index contributed by atoms with van der Waals surface area (Å²) in [5, 5.41) is 11.4. The lowest BCUT2D eigenvalue weighted by molar-refractivity contribution is -0.137. The average molecular weight is 339 g/mol. The van der Waals surface area contributed by atoms with Gasteiger partial charge >= 0.3 is 5.97 Å². The van der Waals surface area contributed by atoms with E-state index in [1.807, 2.05) is 0 Å². The first kappa shape index (κ1) is 18.4. The van der Waals surface area contributed by atoms with Crippen LogP contribution in [0.3, 0.4) is 0 Å². The maximum Gasteiger partial charge on any atom is 0.303 e. The van der Waals surface area contributed by atoms with Gasteiger partial charge in [-0.3, -0.25) is 9.59 Å². The molecule has 1 aliphatic carbocycles. The Kier molecular flexibility index (Phi) is 6.70. The van der Waals surface area contributed by atoms with Crippen molar-refractivity contribution in [2.45, 2.75) is 50.9 Å². The number of carbonyl (C=O) groups excluding carboxylic acids is 1. The minimum atomic E-state index is -0.874. The number of amides is 1. The summed E-state index contributed by atoms with van der Waals surface area (Å²) in [7, 11) is 0. The molecule has 2 N–H and O–H groups in total. The van der Waals surface area contributed by atoms with Crippen LogP contribution in [0.15, 0.2) is 18.2 Å². The highest BCUT2D eigenvalue weighted by atomic mass is 19.2. The quantitative estimate of drug-likeness (QED) is 0.640. The fourth-order valence-electron chi connectivity index (χ4n) is 2.87. The smallest absolute Gasteiger partial charge is 0.303 e. The number of unbranched alkanes of at least 4 members (excludes halogenated alkanes) is 4. The number of carboxylic acid groups (broad SMARTS) is 1. The third-order valence-electron chi connectivity index (χ3n) is 4.37. The molecule has 1 fully saturated rings. The summed E-state index contributed by atoms with van der Waals surface area (Å²) >= 11 is 0. The van der Waals surface area contributed by atoms with Crippen molar-refractivity contribution in [2.24, 2.45) is 5.92 Å². The molecule has 0 aliphatic heterocycles. The molecular weight excluding hydrogens is 316 g/mol. The molecule has 1 aromatic carbocycles. The van der Waals surface area contributed by atoms with E-state index < -0.39 is 17.6 Å². The van der Waals surface area contributed by atoms with Gasteiger partial charge in [0.1, 0.15) is 0 Å². The summed E-state index contributed by atoms with van der Waals surface area (Å²) in [6.07, 6.45) is 5.25. The van der Waals surface area contributed by atoms with Crippen LogP contribution in [-0.2, 0) is 9.59 Å². The van der Waals surface area contributed by atoms with Gasteiger partial charge in [0.2, 0.25) is 5.91 Å². The van der Waals surface area contributed by atoms with Gasteiger partial charge in [0, 0.05) is 18.9 Å². The van der Waals surface area contributed by atoms with Crippen molar-refractivity contribution < 1.29 is 23.5 Å². The summed E-state index contributed by atoms with van der Waals surface area (Å²) in [6, 6.07) is 3.81. The van der Waals surface area contributed by atoms with E-state index in [-0.39, 0.29) is 24.2 Å². The van der Waals surface area contributed by atoms with E-state index in [0.29, 0.717) is 24.9 Å². The Morgan fingerprint density at radius 1 is 1.08 bits per heavy atom. The van der Waals surface area contributed by atoms with Crippen LogP contribution in [-0.4, -0.2) is 23.5 Å². The van der Waals surface area contributed by atoms with Crippen LogP contribution in [0.2, 0.25) is 0 Å². The molecule has 6 heteroatoms. The summed E-state index contributed by atoms with van der Waals surface area (Å²) in [5.41, 5.74) is 0.674. The molecule has 2 unspecified atom stereocenters. The lowest BCUT2D eigenvalue weighted by Gasteiger charge is -2.05. The second kappa shape index (κ2) is 8.76. The third kappa shape index (κ3) is 5.58. The number of hydrogen-bond acceptors (Lipinski definition) is 2. The van der Waals surface area contributed by atoms with Crippen molar-refractivity contribution in [3.8, 4) is 0 Å². The fourth-order valence-corrected chi connectivity index (χ4v) is 2.87. The molecule has 24 heavy (non-hydrogen) atoms. The highest BCUT2D eigenvalue weighted by Gasteiger charge is 2.43. The number of aliphatic carboxylic acids is 1. The number of nitrogens with one attached hydrogen (secondary N) is 1. The Morgan fingerprint density at radius 2 is 1.79 bits per heavy atom. The molecule has 0 heterocycles. The normalized spacial score (nSPS) is 19.1. The van der Waals surface area contributed by atoms with Crippen molar-refractivity contribution in [3.05, 3.63) is 35.4 Å². The van der Waals surface area contributed by atoms with Crippen molar-refractivity contribution in [2.75, 3.05) is 6.54 Å². The predicted octanol–water partition coefficient (Wildman–Crippen LogP) is 3.61. The van der Waals surface area contributed by atoms with Crippen LogP contribution in [0.1, 0.15) is 56.4 Å². The number of carboxylic acids is 1. The minimum Gasteiger partial charge on any atom is -0.481 e. The van der Waals surface area contributed by atoms with Crippen molar-refractivity contribution in [1.82, 2.24) is 5.32 Å². The number of halogens is 2. The molecule has 1 saturated carbocycles. The maximum absolute atomic E-state index is 13.2. The van der Waals surface area contributed by atoms with Gasteiger partial charge in [-0.25, -0.2) is 8.78 Å². The second-order valence-electron chi connectivity index (χ2n) is 6.32. The van der Waals surface area contributed by atoms with Gasteiger partial charge in [0.15, 0.2) is 11.6 Å². The lowest BCUT2D eigenvalue weighted by atomic mass is 10.1. The standard InChI is InChI=1S/C18H23F2NO3/c19-15-8-7-12(10-16(15)20)13-11-14(13)18(24)21-9-5-3-1-2-4-6-17(22)23/h7-8,10,13-14H,1-6,9,11H2,(H,21,24)(H,22,23). The number of hydrogen-bond donors (Lipinski definition) is 2. The SMILES string of the molecule is O=C(O)CCCCCCCNC(=O)C1CC1c1ccc(F)c(F)c1. The Morgan fingerprint density at radius 3 is 2.50 bits per heavy atom. The maximum atomic E-state index is 13.2. The molecule has 2 rings (SSSR count). The van der Waals surface area contributed by atoms with E-state index >= 15 is 0 Å². The van der Waals surface area contributed by atoms with Crippen molar-refractivity contribution in [3.63, 3.8) is 0 Å². The lowest BCUT2D eigenvalue weighted by Crippen LogP contribution is -2.26. The van der Waals surface area contributed by atoms with E-state index in [4.69, 9.17) is 5.11 Å². The Hall–Kier alpha value is -1.98. The zero-order chi connectivity index (χ0) is 17.5. The summed E-state index contributed by atoms with van der Waals surface area (Å²) in [5.74, 6) is -2.70. The Bertz CT molecular complexity index is 592. The van der Waals surface area contributed by atoms with Gasteiger partial charge in [-0.2, -0.15) is 0 Å². The zero-order valence-electron chi connectivity index (χ0n) is 13.6. The minimum absolute atomic E-state index is 0.0175. The largest absolute Gasteiger partial charge is 0.481 e. The van der Waals surface area contributed by atoms with Crippen LogP contribution < -0.4 is 5.32 Å². The molecule has 0 aromatic heterocycles. The van der Waals surface area contributed by atoms with Crippen LogP contribution >= 0.6 is 0 Å². The van der Waals surface area contributed by atoms with Gasteiger partial charge in [0.05, 0.1) is 0 Å². The average Bonchev–Trinajstić information content (AvgIpc) is 3.33. The van der Waals surface area contributed by atoms with Gasteiger partial charge in [0.25, 0.3) is 0 Å². The summed E-state index contributed by atoms with van der Waals surface area (Å²) in [6.45, 7) is 0.596. The van der Waals surface area contributed by atoms with Gasteiger partial charge in [-0.05, 0) is 42.9 Å².